The zero-order valence-corrected chi connectivity index (χ0v) is 11.9. The topological polar surface area (TPSA) is 55.6 Å². The van der Waals surface area contributed by atoms with Crippen LogP contribution in [0.15, 0.2) is 35.3 Å². The molecular formula is C13H17BrN2O2. The predicted molar refractivity (Wildman–Crippen MR) is 76.5 cm³/mol. The van der Waals surface area contributed by atoms with E-state index in [1.54, 1.807) is 36.3 Å². The van der Waals surface area contributed by atoms with Crippen molar-refractivity contribution >= 4 is 27.5 Å². The standard InChI is InChI=1S/C13H17BrN2O2/c1-3-4-16(5-6-18-2)13(17)10-7-11(14)9-12(15)8-10/h3,7-9H,1,4-6,15H2,2H3. The first-order valence-electron chi connectivity index (χ1n) is 5.53. The van der Waals surface area contributed by atoms with Crippen LogP contribution in [0.5, 0.6) is 0 Å². The number of benzene rings is 1. The molecule has 1 amide bonds. The Bertz CT molecular complexity index is 415. The van der Waals surface area contributed by atoms with Gasteiger partial charge in [0.15, 0.2) is 0 Å². The number of carbonyl (C=O) groups excluding carboxylic acids is 1. The van der Waals surface area contributed by atoms with Gasteiger partial charge in [0.05, 0.1) is 6.61 Å². The monoisotopic (exact) mass is 312 g/mol. The van der Waals surface area contributed by atoms with Gasteiger partial charge < -0.3 is 15.4 Å². The Morgan fingerprint density at radius 1 is 1.56 bits per heavy atom. The first kappa shape index (κ1) is 14.7. The van der Waals surface area contributed by atoms with Crippen LogP contribution in [-0.4, -0.2) is 37.6 Å². The summed E-state index contributed by atoms with van der Waals surface area (Å²) in [5.41, 5.74) is 6.83. The van der Waals surface area contributed by atoms with Crippen molar-refractivity contribution in [2.45, 2.75) is 0 Å². The number of rotatable bonds is 6. The fourth-order valence-electron chi connectivity index (χ4n) is 1.55. The second-order valence-corrected chi connectivity index (χ2v) is 4.72. The van der Waals surface area contributed by atoms with E-state index in [1.165, 1.54) is 0 Å². The molecule has 0 bridgehead atoms. The molecule has 98 valence electrons. The fraction of sp³-hybridized carbons (Fsp3) is 0.308. The van der Waals surface area contributed by atoms with Crippen LogP contribution in [-0.2, 0) is 4.74 Å². The van der Waals surface area contributed by atoms with Crippen LogP contribution in [0, 0.1) is 0 Å². The van der Waals surface area contributed by atoms with Crippen molar-refractivity contribution in [2.75, 3.05) is 32.5 Å². The van der Waals surface area contributed by atoms with Gasteiger partial charge >= 0.3 is 0 Å². The quantitative estimate of drug-likeness (QED) is 0.648. The van der Waals surface area contributed by atoms with Gasteiger partial charge in [-0.3, -0.25) is 4.79 Å². The number of hydrogen-bond acceptors (Lipinski definition) is 3. The minimum atomic E-state index is -0.0834. The molecule has 1 aromatic rings. The minimum Gasteiger partial charge on any atom is -0.399 e. The van der Waals surface area contributed by atoms with Gasteiger partial charge in [0.1, 0.15) is 0 Å². The van der Waals surface area contributed by atoms with Crippen LogP contribution in [0.4, 0.5) is 5.69 Å². The number of nitrogen functional groups attached to an aromatic ring is 1. The zero-order chi connectivity index (χ0) is 13.5. The van der Waals surface area contributed by atoms with E-state index in [2.05, 4.69) is 22.5 Å². The highest BCUT2D eigenvalue weighted by atomic mass is 79.9. The average Bonchev–Trinajstić information content (AvgIpc) is 2.32. The van der Waals surface area contributed by atoms with E-state index in [1.807, 2.05) is 0 Å². The number of carbonyl (C=O) groups is 1. The lowest BCUT2D eigenvalue weighted by atomic mass is 10.1. The SMILES string of the molecule is C=CCN(CCOC)C(=O)c1cc(N)cc(Br)c1. The van der Waals surface area contributed by atoms with Crippen molar-refractivity contribution in [3.63, 3.8) is 0 Å². The van der Waals surface area contributed by atoms with Gasteiger partial charge in [-0.1, -0.05) is 22.0 Å². The van der Waals surface area contributed by atoms with Gasteiger partial charge in [-0.2, -0.15) is 0 Å². The Balaban J connectivity index is 2.89. The highest BCUT2D eigenvalue weighted by Gasteiger charge is 2.15. The summed E-state index contributed by atoms with van der Waals surface area (Å²) in [6.45, 7) is 5.14. The van der Waals surface area contributed by atoms with Gasteiger partial charge in [0, 0.05) is 35.9 Å². The highest BCUT2D eigenvalue weighted by molar-refractivity contribution is 9.10. The normalized spacial score (nSPS) is 10.1. The second kappa shape index (κ2) is 7.18. The van der Waals surface area contributed by atoms with E-state index >= 15 is 0 Å². The Kier molecular flexibility index (Phi) is 5.88. The Hall–Kier alpha value is -1.33. The van der Waals surface area contributed by atoms with Crippen LogP contribution in [0.25, 0.3) is 0 Å². The van der Waals surface area contributed by atoms with E-state index in [-0.39, 0.29) is 5.91 Å². The number of amides is 1. The molecule has 2 N–H and O–H groups in total. The largest absolute Gasteiger partial charge is 0.399 e. The molecule has 5 heteroatoms. The molecule has 0 saturated heterocycles. The molecule has 0 aliphatic heterocycles. The Labute approximate surface area is 116 Å². The maximum atomic E-state index is 12.3. The molecule has 18 heavy (non-hydrogen) atoms. The van der Waals surface area contributed by atoms with E-state index < -0.39 is 0 Å². The molecule has 0 spiro atoms. The first-order chi connectivity index (χ1) is 8.58. The predicted octanol–water partition coefficient (Wildman–Crippen LogP) is 2.31. The molecule has 0 aliphatic rings. The van der Waals surface area contributed by atoms with E-state index in [0.717, 1.165) is 4.47 Å². The molecule has 0 fully saturated rings. The number of anilines is 1. The Morgan fingerprint density at radius 2 is 2.28 bits per heavy atom. The van der Waals surface area contributed by atoms with Gasteiger partial charge in [-0.15, -0.1) is 6.58 Å². The molecule has 1 aromatic carbocycles. The van der Waals surface area contributed by atoms with Crippen molar-refractivity contribution < 1.29 is 9.53 Å². The number of hydrogen-bond donors (Lipinski definition) is 1. The summed E-state index contributed by atoms with van der Waals surface area (Å²) in [4.78, 5) is 14.0. The van der Waals surface area contributed by atoms with Crippen LogP contribution in [0.2, 0.25) is 0 Å². The maximum absolute atomic E-state index is 12.3. The van der Waals surface area contributed by atoms with Crippen molar-refractivity contribution in [2.24, 2.45) is 0 Å². The van der Waals surface area contributed by atoms with Crippen molar-refractivity contribution in [3.05, 3.63) is 40.9 Å². The molecule has 0 radical (unpaired) electrons. The summed E-state index contributed by atoms with van der Waals surface area (Å²) < 4.78 is 5.78. The van der Waals surface area contributed by atoms with E-state index in [9.17, 15) is 4.79 Å². The molecule has 1 rings (SSSR count). The lowest BCUT2D eigenvalue weighted by molar-refractivity contribution is 0.0718. The van der Waals surface area contributed by atoms with Crippen LogP contribution >= 0.6 is 15.9 Å². The first-order valence-corrected chi connectivity index (χ1v) is 6.33. The third-order valence-corrected chi connectivity index (χ3v) is 2.83. The molecule has 0 unspecified atom stereocenters. The summed E-state index contributed by atoms with van der Waals surface area (Å²) >= 11 is 3.33. The Morgan fingerprint density at radius 3 is 2.83 bits per heavy atom. The molecule has 0 saturated carbocycles. The number of halogens is 1. The van der Waals surface area contributed by atoms with Gasteiger partial charge in [0.2, 0.25) is 0 Å². The van der Waals surface area contributed by atoms with E-state index in [4.69, 9.17) is 10.5 Å². The van der Waals surface area contributed by atoms with Crippen molar-refractivity contribution in [1.82, 2.24) is 4.90 Å². The number of ether oxygens (including phenoxy) is 1. The fourth-order valence-corrected chi connectivity index (χ4v) is 2.06. The van der Waals surface area contributed by atoms with Gasteiger partial charge in [0.25, 0.3) is 5.91 Å². The smallest absolute Gasteiger partial charge is 0.254 e. The summed E-state index contributed by atoms with van der Waals surface area (Å²) in [6, 6.07) is 5.17. The average molecular weight is 313 g/mol. The molecule has 0 aliphatic carbocycles. The van der Waals surface area contributed by atoms with Gasteiger partial charge in [-0.05, 0) is 18.2 Å². The van der Waals surface area contributed by atoms with Crippen LogP contribution in [0.1, 0.15) is 10.4 Å². The summed E-state index contributed by atoms with van der Waals surface area (Å²) in [5, 5.41) is 0. The third kappa shape index (κ3) is 4.16. The van der Waals surface area contributed by atoms with Gasteiger partial charge in [-0.25, -0.2) is 0 Å². The molecule has 0 heterocycles. The molecular weight excluding hydrogens is 296 g/mol. The molecule has 4 nitrogen and oxygen atoms in total. The third-order valence-electron chi connectivity index (χ3n) is 2.37. The summed E-state index contributed by atoms with van der Waals surface area (Å²) in [6.07, 6.45) is 1.69. The number of nitrogens with zero attached hydrogens (tertiary/aromatic N) is 1. The lowest BCUT2D eigenvalue weighted by Gasteiger charge is -2.21. The lowest BCUT2D eigenvalue weighted by Crippen LogP contribution is -2.34. The summed E-state index contributed by atoms with van der Waals surface area (Å²) in [5.74, 6) is -0.0834. The van der Waals surface area contributed by atoms with Crippen LogP contribution in [0.3, 0.4) is 0 Å². The van der Waals surface area contributed by atoms with Crippen molar-refractivity contribution in [1.29, 1.82) is 0 Å². The zero-order valence-electron chi connectivity index (χ0n) is 10.4. The number of nitrogens with two attached hydrogens (primary N) is 1. The second-order valence-electron chi connectivity index (χ2n) is 3.81. The molecule has 0 aromatic heterocycles. The molecule has 0 atom stereocenters. The maximum Gasteiger partial charge on any atom is 0.254 e. The minimum absolute atomic E-state index is 0.0834. The van der Waals surface area contributed by atoms with E-state index in [0.29, 0.717) is 30.9 Å². The van der Waals surface area contributed by atoms with Crippen molar-refractivity contribution in [3.8, 4) is 0 Å². The van der Waals surface area contributed by atoms with Crippen LogP contribution < -0.4 is 5.73 Å². The highest BCUT2D eigenvalue weighted by Crippen LogP contribution is 2.18. The number of methoxy groups -OCH3 is 1. The summed E-state index contributed by atoms with van der Waals surface area (Å²) in [7, 11) is 1.60.